The Morgan fingerprint density at radius 2 is 1.44 bits per heavy atom. The molecule has 9 nitrogen and oxygen atoms in total. The number of carbonyl (C=O) groups excluding carboxylic acids is 1. The number of hydrogen-bond acceptors (Lipinski definition) is 6. The van der Waals surface area contributed by atoms with Gasteiger partial charge in [0.25, 0.3) is 20.0 Å². The maximum absolute atomic E-state index is 13.6. The van der Waals surface area contributed by atoms with Crippen LogP contribution in [0, 0.1) is 6.92 Å². The van der Waals surface area contributed by atoms with Gasteiger partial charge in [-0.05, 0) is 73.7 Å². The molecule has 226 valence electrons. The SMILES string of the molecule is COc1ccccc1N(CC(=O)Nc1ccc(S(=O)(=O)Nc2cccc(C(F)(F)F)c2)cc1)S(=O)(=O)c1ccc(C)cc1. The van der Waals surface area contributed by atoms with Crippen LogP contribution in [0.2, 0.25) is 0 Å². The van der Waals surface area contributed by atoms with Gasteiger partial charge in [-0.25, -0.2) is 16.8 Å². The minimum atomic E-state index is -4.65. The minimum Gasteiger partial charge on any atom is -0.495 e. The fourth-order valence-corrected chi connectivity index (χ4v) is 6.48. The fourth-order valence-electron chi connectivity index (χ4n) is 3.99. The number of halogens is 3. The quantitative estimate of drug-likeness (QED) is 0.233. The normalized spacial score (nSPS) is 11.9. The molecule has 43 heavy (non-hydrogen) atoms. The highest BCUT2D eigenvalue weighted by atomic mass is 32.2. The zero-order valence-electron chi connectivity index (χ0n) is 22.8. The summed E-state index contributed by atoms with van der Waals surface area (Å²) in [6.07, 6.45) is -4.65. The second kappa shape index (κ2) is 12.4. The molecule has 0 atom stereocenters. The third-order valence-electron chi connectivity index (χ3n) is 6.14. The van der Waals surface area contributed by atoms with Crippen LogP contribution < -0.4 is 19.1 Å². The van der Waals surface area contributed by atoms with Crippen LogP contribution in [0.25, 0.3) is 0 Å². The third kappa shape index (κ3) is 7.45. The smallest absolute Gasteiger partial charge is 0.416 e. The van der Waals surface area contributed by atoms with E-state index in [2.05, 4.69) is 10.0 Å². The van der Waals surface area contributed by atoms with Crippen molar-refractivity contribution in [2.75, 3.05) is 28.0 Å². The molecule has 0 aromatic heterocycles. The topological polar surface area (TPSA) is 122 Å². The first kappa shape index (κ1) is 31.4. The molecule has 0 spiro atoms. The van der Waals surface area contributed by atoms with E-state index in [1.165, 1.54) is 43.5 Å². The summed E-state index contributed by atoms with van der Waals surface area (Å²) in [6, 6.07) is 21.0. The van der Waals surface area contributed by atoms with Gasteiger partial charge in [-0.15, -0.1) is 0 Å². The summed E-state index contributed by atoms with van der Waals surface area (Å²) in [5.74, 6) is -0.520. The van der Waals surface area contributed by atoms with Gasteiger partial charge in [-0.2, -0.15) is 13.2 Å². The second-order valence-electron chi connectivity index (χ2n) is 9.25. The summed E-state index contributed by atoms with van der Waals surface area (Å²) >= 11 is 0. The predicted octanol–water partition coefficient (Wildman–Crippen LogP) is 5.66. The number of nitrogens with zero attached hydrogens (tertiary/aromatic N) is 1. The number of sulfonamides is 2. The standard InChI is InChI=1S/C29H26F3N3O6S2/c1-20-10-14-25(15-11-20)43(39,40)35(26-8-3-4-9-27(26)41-2)19-28(36)33-22-12-16-24(17-13-22)42(37,38)34-23-7-5-6-21(18-23)29(30,31)32/h3-18,34H,19H2,1-2H3,(H,33,36). The molecular weight excluding hydrogens is 607 g/mol. The molecule has 0 aliphatic heterocycles. The van der Waals surface area contributed by atoms with E-state index in [9.17, 15) is 34.8 Å². The highest BCUT2D eigenvalue weighted by Crippen LogP contribution is 2.33. The molecule has 4 rings (SSSR count). The van der Waals surface area contributed by atoms with E-state index < -0.39 is 44.2 Å². The molecule has 2 N–H and O–H groups in total. The number of benzene rings is 4. The van der Waals surface area contributed by atoms with E-state index in [0.29, 0.717) is 6.07 Å². The van der Waals surface area contributed by atoms with Crippen LogP contribution >= 0.6 is 0 Å². The first-order valence-corrected chi connectivity index (χ1v) is 15.5. The molecule has 0 bridgehead atoms. The summed E-state index contributed by atoms with van der Waals surface area (Å²) in [7, 11) is -7.12. The number of aryl methyl sites for hydroxylation is 1. The van der Waals surface area contributed by atoms with Gasteiger partial charge in [0.05, 0.1) is 28.2 Å². The van der Waals surface area contributed by atoms with Gasteiger partial charge in [-0.1, -0.05) is 35.9 Å². The van der Waals surface area contributed by atoms with Crippen LogP contribution in [0.4, 0.5) is 30.2 Å². The monoisotopic (exact) mass is 633 g/mol. The number of para-hydroxylation sites is 2. The molecule has 0 saturated carbocycles. The van der Waals surface area contributed by atoms with Crippen LogP contribution in [0.3, 0.4) is 0 Å². The zero-order valence-corrected chi connectivity index (χ0v) is 24.4. The molecule has 14 heteroatoms. The van der Waals surface area contributed by atoms with Crippen LogP contribution in [0.1, 0.15) is 11.1 Å². The summed E-state index contributed by atoms with van der Waals surface area (Å²) in [6.45, 7) is 1.16. The number of amides is 1. The van der Waals surface area contributed by atoms with Gasteiger partial charge in [-0.3, -0.25) is 13.8 Å². The Kier molecular flexibility index (Phi) is 9.01. The van der Waals surface area contributed by atoms with Gasteiger partial charge in [0, 0.05) is 11.4 Å². The van der Waals surface area contributed by atoms with E-state index >= 15 is 0 Å². The van der Waals surface area contributed by atoms with E-state index in [1.54, 1.807) is 37.3 Å². The maximum Gasteiger partial charge on any atom is 0.416 e. The number of nitrogens with one attached hydrogen (secondary N) is 2. The average Bonchev–Trinajstić information content (AvgIpc) is 2.96. The van der Waals surface area contributed by atoms with Crippen LogP contribution in [0.5, 0.6) is 5.75 Å². The number of alkyl halides is 3. The Hall–Kier alpha value is -4.56. The van der Waals surface area contributed by atoms with Crippen molar-refractivity contribution in [2.24, 2.45) is 0 Å². The second-order valence-corrected chi connectivity index (χ2v) is 12.8. The molecule has 0 fully saturated rings. The Balaban J connectivity index is 1.54. The molecule has 0 aliphatic carbocycles. The highest BCUT2D eigenvalue weighted by molar-refractivity contribution is 7.93. The van der Waals surface area contributed by atoms with E-state index in [1.807, 2.05) is 0 Å². The molecule has 1 amide bonds. The lowest BCUT2D eigenvalue weighted by molar-refractivity contribution is -0.137. The van der Waals surface area contributed by atoms with Crippen molar-refractivity contribution in [1.29, 1.82) is 0 Å². The Bertz CT molecular complexity index is 1830. The molecule has 0 unspecified atom stereocenters. The number of ether oxygens (including phenoxy) is 1. The molecule has 0 saturated heterocycles. The third-order valence-corrected chi connectivity index (χ3v) is 9.31. The lowest BCUT2D eigenvalue weighted by Gasteiger charge is -2.25. The van der Waals surface area contributed by atoms with E-state index in [-0.39, 0.29) is 32.6 Å². The van der Waals surface area contributed by atoms with Crippen molar-refractivity contribution in [2.45, 2.75) is 22.9 Å². The number of carbonyl (C=O) groups is 1. The fraction of sp³-hybridized carbons (Fsp3) is 0.138. The number of rotatable bonds is 10. The van der Waals surface area contributed by atoms with E-state index in [4.69, 9.17) is 4.74 Å². The predicted molar refractivity (Wildman–Crippen MR) is 156 cm³/mol. The summed E-state index contributed by atoms with van der Waals surface area (Å²) < 4.78 is 100. The van der Waals surface area contributed by atoms with Crippen molar-refractivity contribution in [3.8, 4) is 5.75 Å². The van der Waals surface area contributed by atoms with E-state index in [0.717, 1.165) is 34.1 Å². The Labute approximate surface area is 247 Å². The zero-order chi connectivity index (χ0) is 31.4. The van der Waals surface area contributed by atoms with Gasteiger partial charge in [0.2, 0.25) is 5.91 Å². The van der Waals surface area contributed by atoms with Crippen molar-refractivity contribution in [1.82, 2.24) is 0 Å². The number of anilines is 3. The van der Waals surface area contributed by atoms with Crippen molar-refractivity contribution in [3.05, 3.63) is 108 Å². The average molecular weight is 634 g/mol. The van der Waals surface area contributed by atoms with Gasteiger partial charge in [0.15, 0.2) is 0 Å². The molecular formula is C29H26F3N3O6S2. The minimum absolute atomic E-state index is 0.0420. The summed E-state index contributed by atoms with van der Waals surface area (Å²) in [4.78, 5) is 12.8. The lowest BCUT2D eigenvalue weighted by Crippen LogP contribution is -2.38. The van der Waals surface area contributed by atoms with Crippen LogP contribution in [0.15, 0.2) is 107 Å². The van der Waals surface area contributed by atoms with Gasteiger partial charge >= 0.3 is 6.18 Å². The van der Waals surface area contributed by atoms with Crippen molar-refractivity contribution in [3.63, 3.8) is 0 Å². The highest BCUT2D eigenvalue weighted by Gasteiger charge is 2.31. The Morgan fingerprint density at radius 1 is 0.814 bits per heavy atom. The molecule has 0 aliphatic rings. The summed E-state index contributed by atoms with van der Waals surface area (Å²) in [5, 5.41) is 2.54. The largest absolute Gasteiger partial charge is 0.495 e. The maximum atomic E-state index is 13.6. The van der Waals surface area contributed by atoms with Gasteiger partial charge in [0.1, 0.15) is 12.3 Å². The van der Waals surface area contributed by atoms with Crippen LogP contribution in [-0.2, 0) is 31.0 Å². The number of hydrogen-bond donors (Lipinski definition) is 2. The molecule has 4 aromatic rings. The number of methoxy groups -OCH3 is 1. The van der Waals surface area contributed by atoms with Gasteiger partial charge < -0.3 is 10.1 Å². The van der Waals surface area contributed by atoms with Crippen LogP contribution in [-0.4, -0.2) is 36.4 Å². The van der Waals surface area contributed by atoms with Crippen molar-refractivity contribution < 1.29 is 39.5 Å². The molecule has 0 radical (unpaired) electrons. The molecule has 4 aromatic carbocycles. The first-order chi connectivity index (χ1) is 20.2. The first-order valence-electron chi connectivity index (χ1n) is 12.5. The Morgan fingerprint density at radius 3 is 2.07 bits per heavy atom. The van der Waals surface area contributed by atoms with Crippen molar-refractivity contribution >= 4 is 43.0 Å². The molecule has 0 heterocycles. The lowest BCUT2D eigenvalue weighted by atomic mass is 10.2. The summed E-state index contributed by atoms with van der Waals surface area (Å²) in [5.41, 5.74) is -0.176.